The molecule has 0 saturated carbocycles. The number of methoxy groups -OCH3 is 1. The monoisotopic (exact) mass is 401 g/mol. The lowest BCUT2D eigenvalue weighted by atomic mass is 10.0. The Morgan fingerprint density at radius 2 is 2.12 bits per heavy atom. The Bertz CT molecular complexity index is 717. The molecule has 0 unspecified atom stereocenters. The standard InChI is InChI=1S/C17H20ClN3O2S.ClH/c1-23-15-10-14(19)13(18)9-12(15)17(22)20-11-4-6-21(7-5-11)16-3-2-8-24-16;/h2-3,8-11H,4-7,19H2,1H3,(H,20,22);1H. The molecule has 1 aromatic carbocycles. The summed E-state index contributed by atoms with van der Waals surface area (Å²) in [7, 11) is 1.51. The number of hydrogen-bond acceptors (Lipinski definition) is 5. The quantitative estimate of drug-likeness (QED) is 0.764. The first-order valence-electron chi connectivity index (χ1n) is 7.81. The summed E-state index contributed by atoms with van der Waals surface area (Å²) in [5.41, 5.74) is 6.57. The van der Waals surface area contributed by atoms with Crippen LogP contribution in [-0.4, -0.2) is 32.1 Å². The third-order valence-corrected chi connectivity index (χ3v) is 5.47. The Labute approximate surface area is 162 Å². The lowest BCUT2D eigenvalue weighted by molar-refractivity contribution is 0.0928. The summed E-state index contributed by atoms with van der Waals surface area (Å²) in [6.45, 7) is 1.87. The molecule has 1 amide bonds. The number of piperidine rings is 1. The van der Waals surface area contributed by atoms with Gasteiger partial charge in [-0.3, -0.25) is 4.79 Å². The summed E-state index contributed by atoms with van der Waals surface area (Å²) in [6, 6.07) is 7.48. The van der Waals surface area contributed by atoms with Crippen molar-refractivity contribution in [1.29, 1.82) is 0 Å². The van der Waals surface area contributed by atoms with Crippen LogP contribution in [0.3, 0.4) is 0 Å². The van der Waals surface area contributed by atoms with Crippen LogP contribution in [0.15, 0.2) is 29.6 Å². The van der Waals surface area contributed by atoms with Gasteiger partial charge in [0.1, 0.15) is 5.75 Å². The van der Waals surface area contributed by atoms with Crippen molar-refractivity contribution in [2.45, 2.75) is 18.9 Å². The molecule has 25 heavy (non-hydrogen) atoms. The van der Waals surface area contributed by atoms with E-state index < -0.39 is 0 Å². The maximum Gasteiger partial charge on any atom is 0.255 e. The number of benzene rings is 1. The second-order valence-corrected chi connectivity index (χ2v) is 7.09. The number of rotatable bonds is 4. The molecule has 5 nitrogen and oxygen atoms in total. The van der Waals surface area contributed by atoms with Gasteiger partial charge in [-0.15, -0.1) is 23.7 Å². The Hall–Kier alpha value is -1.63. The molecule has 3 N–H and O–H groups in total. The molecular weight excluding hydrogens is 381 g/mol. The van der Waals surface area contributed by atoms with Gasteiger partial charge in [0.2, 0.25) is 0 Å². The number of hydrogen-bond donors (Lipinski definition) is 2. The first-order chi connectivity index (χ1) is 11.6. The van der Waals surface area contributed by atoms with Crippen LogP contribution < -0.4 is 20.7 Å². The summed E-state index contributed by atoms with van der Waals surface area (Å²) in [4.78, 5) is 14.9. The van der Waals surface area contributed by atoms with Gasteiger partial charge in [-0.1, -0.05) is 11.6 Å². The van der Waals surface area contributed by atoms with Gasteiger partial charge in [-0.2, -0.15) is 0 Å². The van der Waals surface area contributed by atoms with Crippen molar-refractivity contribution in [3.63, 3.8) is 0 Å². The molecule has 0 bridgehead atoms. The number of thiophene rings is 1. The minimum Gasteiger partial charge on any atom is -0.496 e. The molecule has 0 spiro atoms. The van der Waals surface area contributed by atoms with Gasteiger partial charge in [-0.25, -0.2) is 0 Å². The van der Waals surface area contributed by atoms with E-state index >= 15 is 0 Å². The number of halogens is 2. The van der Waals surface area contributed by atoms with Crippen molar-refractivity contribution in [3.8, 4) is 5.75 Å². The van der Waals surface area contributed by atoms with E-state index in [4.69, 9.17) is 22.1 Å². The predicted octanol–water partition coefficient (Wildman–Crippen LogP) is 3.81. The van der Waals surface area contributed by atoms with E-state index in [-0.39, 0.29) is 24.4 Å². The SMILES string of the molecule is COc1cc(N)c(Cl)cc1C(=O)NC1CCN(c2cccs2)CC1.Cl. The van der Waals surface area contributed by atoms with E-state index in [0.29, 0.717) is 22.0 Å². The van der Waals surface area contributed by atoms with Crippen LogP contribution in [-0.2, 0) is 0 Å². The number of nitrogen functional groups attached to an aromatic ring is 1. The Kier molecular flexibility index (Phi) is 6.81. The lowest BCUT2D eigenvalue weighted by Gasteiger charge is -2.33. The van der Waals surface area contributed by atoms with Gasteiger partial charge < -0.3 is 20.7 Å². The molecule has 2 aromatic rings. The smallest absolute Gasteiger partial charge is 0.255 e. The van der Waals surface area contributed by atoms with Crippen LogP contribution in [0.2, 0.25) is 5.02 Å². The van der Waals surface area contributed by atoms with Crippen molar-refractivity contribution in [2.24, 2.45) is 0 Å². The van der Waals surface area contributed by atoms with Gasteiger partial charge in [0.15, 0.2) is 0 Å². The molecule has 1 aromatic heterocycles. The van der Waals surface area contributed by atoms with Gasteiger partial charge in [0.05, 0.1) is 28.4 Å². The average molecular weight is 402 g/mol. The molecule has 1 aliphatic heterocycles. The summed E-state index contributed by atoms with van der Waals surface area (Å²) in [5.74, 6) is 0.258. The van der Waals surface area contributed by atoms with Crippen LogP contribution in [0.25, 0.3) is 0 Å². The highest BCUT2D eigenvalue weighted by Gasteiger charge is 2.23. The summed E-state index contributed by atoms with van der Waals surface area (Å²) < 4.78 is 5.25. The highest BCUT2D eigenvalue weighted by atomic mass is 35.5. The molecule has 136 valence electrons. The molecule has 2 heterocycles. The topological polar surface area (TPSA) is 67.6 Å². The zero-order valence-electron chi connectivity index (χ0n) is 13.8. The number of carbonyl (C=O) groups is 1. The summed E-state index contributed by atoms with van der Waals surface area (Å²) >= 11 is 7.78. The zero-order chi connectivity index (χ0) is 17.1. The van der Waals surface area contributed by atoms with Crippen LogP contribution >= 0.6 is 35.3 Å². The minimum absolute atomic E-state index is 0. The van der Waals surface area contributed by atoms with Crippen molar-refractivity contribution in [3.05, 3.63) is 40.2 Å². The maximum atomic E-state index is 12.6. The molecule has 0 radical (unpaired) electrons. The van der Waals surface area contributed by atoms with E-state index in [1.165, 1.54) is 12.1 Å². The van der Waals surface area contributed by atoms with E-state index in [1.54, 1.807) is 23.5 Å². The van der Waals surface area contributed by atoms with Crippen molar-refractivity contribution in [2.75, 3.05) is 30.8 Å². The van der Waals surface area contributed by atoms with E-state index in [1.807, 2.05) is 0 Å². The molecule has 0 aliphatic carbocycles. The van der Waals surface area contributed by atoms with Crippen molar-refractivity contribution in [1.82, 2.24) is 5.32 Å². The molecule has 1 fully saturated rings. The Balaban J connectivity index is 0.00000225. The van der Waals surface area contributed by atoms with Crippen molar-refractivity contribution >= 4 is 51.9 Å². The van der Waals surface area contributed by atoms with E-state index in [9.17, 15) is 4.79 Å². The van der Waals surface area contributed by atoms with Crippen LogP contribution in [0.4, 0.5) is 10.7 Å². The maximum absolute atomic E-state index is 12.6. The Morgan fingerprint density at radius 3 is 2.72 bits per heavy atom. The second-order valence-electron chi connectivity index (χ2n) is 5.76. The first kappa shape index (κ1) is 19.7. The fourth-order valence-electron chi connectivity index (χ4n) is 2.87. The van der Waals surface area contributed by atoms with Crippen LogP contribution in [0, 0.1) is 0 Å². The number of carbonyl (C=O) groups excluding carboxylic acids is 1. The Morgan fingerprint density at radius 1 is 1.40 bits per heavy atom. The number of ether oxygens (including phenoxy) is 1. The number of nitrogens with two attached hydrogens (primary N) is 1. The van der Waals surface area contributed by atoms with E-state index in [0.717, 1.165) is 25.9 Å². The molecule has 3 rings (SSSR count). The molecule has 1 saturated heterocycles. The normalized spacial score (nSPS) is 14.7. The summed E-state index contributed by atoms with van der Waals surface area (Å²) in [5, 5.41) is 6.80. The minimum atomic E-state index is -0.177. The highest BCUT2D eigenvalue weighted by molar-refractivity contribution is 7.14. The first-order valence-corrected chi connectivity index (χ1v) is 9.06. The van der Waals surface area contributed by atoms with Crippen molar-refractivity contribution < 1.29 is 9.53 Å². The fourth-order valence-corrected chi connectivity index (χ4v) is 3.82. The molecule has 0 atom stereocenters. The molecule has 8 heteroatoms. The number of anilines is 2. The fraction of sp³-hybridized carbons (Fsp3) is 0.353. The average Bonchev–Trinajstić information content (AvgIpc) is 3.12. The highest BCUT2D eigenvalue weighted by Crippen LogP contribution is 2.29. The third-order valence-electron chi connectivity index (χ3n) is 4.21. The molecular formula is C17H21Cl2N3O2S. The number of amides is 1. The zero-order valence-corrected chi connectivity index (χ0v) is 16.2. The van der Waals surface area contributed by atoms with Gasteiger partial charge in [0.25, 0.3) is 5.91 Å². The number of nitrogens with one attached hydrogen (secondary N) is 1. The second kappa shape index (κ2) is 8.65. The predicted molar refractivity (Wildman–Crippen MR) is 107 cm³/mol. The summed E-state index contributed by atoms with van der Waals surface area (Å²) in [6.07, 6.45) is 1.82. The third kappa shape index (κ3) is 4.51. The van der Waals surface area contributed by atoms with Crippen LogP contribution in [0.1, 0.15) is 23.2 Å². The van der Waals surface area contributed by atoms with Gasteiger partial charge >= 0.3 is 0 Å². The van der Waals surface area contributed by atoms with Crippen LogP contribution in [0.5, 0.6) is 5.75 Å². The number of nitrogens with zero attached hydrogens (tertiary/aromatic N) is 1. The molecule has 1 aliphatic rings. The van der Waals surface area contributed by atoms with Gasteiger partial charge in [0, 0.05) is 25.2 Å². The van der Waals surface area contributed by atoms with Gasteiger partial charge in [-0.05, 0) is 36.4 Å². The van der Waals surface area contributed by atoms with E-state index in [2.05, 4.69) is 27.7 Å². The lowest BCUT2D eigenvalue weighted by Crippen LogP contribution is -2.44. The largest absolute Gasteiger partial charge is 0.496 e.